The fraction of sp³-hybridized carbons (Fsp3) is 0.350. The van der Waals surface area contributed by atoms with Gasteiger partial charge in [0.25, 0.3) is 5.91 Å². The number of carbonyl (C=O) groups excluding carboxylic acids is 1. The molecule has 0 heterocycles. The van der Waals surface area contributed by atoms with Crippen LogP contribution in [-0.4, -0.2) is 31.7 Å². The van der Waals surface area contributed by atoms with Crippen LogP contribution in [0.25, 0.3) is 0 Å². The normalized spacial score (nSPS) is 11.6. The summed E-state index contributed by atoms with van der Waals surface area (Å²) in [5, 5.41) is 2.82. The average Bonchev–Trinajstić information content (AvgIpc) is 2.63. The average molecular weight is 375 g/mol. The summed E-state index contributed by atoms with van der Waals surface area (Å²) in [6, 6.07) is 12.4. The van der Waals surface area contributed by atoms with E-state index in [1.165, 1.54) is 15.9 Å². The Kier molecular flexibility index (Phi) is 6.56. The first-order valence-corrected chi connectivity index (χ1v) is 10.3. The van der Waals surface area contributed by atoms with Gasteiger partial charge in [-0.1, -0.05) is 39.0 Å². The first-order chi connectivity index (χ1) is 12.3. The van der Waals surface area contributed by atoms with E-state index in [9.17, 15) is 13.2 Å². The summed E-state index contributed by atoms with van der Waals surface area (Å²) < 4.78 is 27.0. The summed E-state index contributed by atoms with van der Waals surface area (Å²) in [5.41, 5.74) is 2.81. The zero-order valence-corrected chi connectivity index (χ0v) is 16.6. The second kappa shape index (κ2) is 8.47. The van der Waals surface area contributed by atoms with Crippen LogP contribution in [0.1, 0.15) is 42.3 Å². The van der Waals surface area contributed by atoms with Gasteiger partial charge >= 0.3 is 0 Å². The van der Waals surface area contributed by atoms with Crippen molar-refractivity contribution in [3.63, 3.8) is 0 Å². The molecule has 2 aromatic rings. The molecule has 0 saturated carbocycles. The van der Waals surface area contributed by atoms with Gasteiger partial charge in [-0.05, 0) is 48.7 Å². The fourth-order valence-electron chi connectivity index (χ4n) is 2.75. The van der Waals surface area contributed by atoms with Gasteiger partial charge in [-0.15, -0.1) is 0 Å². The van der Waals surface area contributed by atoms with Crippen molar-refractivity contribution in [2.45, 2.75) is 39.0 Å². The molecule has 0 spiro atoms. The van der Waals surface area contributed by atoms with Crippen LogP contribution < -0.4 is 5.32 Å². The van der Waals surface area contributed by atoms with Gasteiger partial charge < -0.3 is 5.32 Å². The lowest BCUT2D eigenvalue weighted by Gasteiger charge is -2.20. The first-order valence-electron chi connectivity index (χ1n) is 8.84. The number of hydrogen-bond donors (Lipinski definition) is 1. The Morgan fingerprint density at radius 1 is 1.00 bits per heavy atom. The van der Waals surface area contributed by atoms with Gasteiger partial charge in [-0.3, -0.25) is 4.79 Å². The van der Waals surface area contributed by atoms with Crippen molar-refractivity contribution in [2.75, 3.05) is 18.4 Å². The highest BCUT2D eigenvalue weighted by Gasteiger charge is 2.24. The van der Waals surface area contributed by atoms with Crippen LogP contribution in [0, 0.1) is 6.92 Å². The molecule has 0 fully saturated rings. The third-order valence-electron chi connectivity index (χ3n) is 4.39. The minimum atomic E-state index is -3.62. The molecular weight excluding hydrogens is 348 g/mol. The second-order valence-corrected chi connectivity index (χ2v) is 7.98. The summed E-state index contributed by atoms with van der Waals surface area (Å²) >= 11 is 0. The predicted molar refractivity (Wildman–Crippen MR) is 105 cm³/mol. The van der Waals surface area contributed by atoms with Crippen LogP contribution in [0.15, 0.2) is 47.4 Å². The number of hydrogen-bond acceptors (Lipinski definition) is 3. The van der Waals surface area contributed by atoms with Crippen LogP contribution in [0.4, 0.5) is 5.69 Å². The number of rotatable bonds is 7. The lowest BCUT2D eigenvalue weighted by molar-refractivity contribution is 0.102. The molecule has 6 heteroatoms. The number of carbonyl (C=O) groups is 1. The van der Waals surface area contributed by atoms with Gasteiger partial charge in [0.05, 0.1) is 4.90 Å². The Morgan fingerprint density at radius 2 is 1.62 bits per heavy atom. The fourth-order valence-corrected chi connectivity index (χ4v) is 4.46. The molecule has 1 amide bonds. The van der Waals surface area contributed by atoms with Crippen molar-refractivity contribution in [3.05, 3.63) is 59.2 Å². The number of anilines is 1. The summed E-state index contributed by atoms with van der Waals surface area (Å²) in [6.45, 7) is 8.18. The maximum atomic E-state index is 12.8. The van der Waals surface area contributed by atoms with Gasteiger partial charge in [0, 0.05) is 24.3 Å². The van der Waals surface area contributed by atoms with E-state index < -0.39 is 10.0 Å². The molecule has 0 radical (unpaired) electrons. The minimum Gasteiger partial charge on any atom is -0.322 e. The lowest BCUT2D eigenvalue weighted by Crippen LogP contribution is -2.31. The SMILES string of the molecule is CCc1ccc(NC(=O)c2ccc(C)c(S(=O)(=O)N(CC)CC)c2)cc1. The van der Waals surface area contributed by atoms with E-state index in [1.54, 1.807) is 32.9 Å². The molecule has 0 aliphatic carbocycles. The van der Waals surface area contributed by atoms with E-state index in [2.05, 4.69) is 12.2 Å². The van der Waals surface area contributed by atoms with Crippen molar-refractivity contribution < 1.29 is 13.2 Å². The smallest absolute Gasteiger partial charge is 0.255 e. The van der Waals surface area contributed by atoms with Gasteiger partial charge in [0.1, 0.15) is 0 Å². The largest absolute Gasteiger partial charge is 0.322 e. The van der Waals surface area contributed by atoms with Crippen molar-refractivity contribution in [2.24, 2.45) is 0 Å². The first kappa shape index (κ1) is 20.1. The molecule has 2 rings (SSSR count). The highest BCUT2D eigenvalue weighted by Crippen LogP contribution is 2.22. The van der Waals surface area contributed by atoms with Gasteiger partial charge in [0.15, 0.2) is 0 Å². The van der Waals surface area contributed by atoms with E-state index in [0.717, 1.165) is 6.42 Å². The molecule has 0 aliphatic rings. The molecule has 0 aliphatic heterocycles. The maximum Gasteiger partial charge on any atom is 0.255 e. The summed E-state index contributed by atoms with van der Waals surface area (Å²) in [6.07, 6.45) is 0.929. The number of benzene rings is 2. The standard InChI is InChI=1S/C20H26N2O3S/c1-5-16-9-12-18(13-10-16)21-20(23)17-11-8-15(4)19(14-17)26(24,25)22(6-2)7-3/h8-14H,5-7H2,1-4H3,(H,21,23). The Bertz CT molecular complexity index is 870. The molecular formula is C20H26N2O3S. The number of nitrogens with zero attached hydrogens (tertiary/aromatic N) is 1. The number of nitrogens with one attached hydrogen (secondary N) is 1. The second-order valence-electron chi connectivity index (χ2n) is 6.07. The molecule has 140 valence electrons. The molecule has 0 aromatic heterocycles. The lowest BCUT2D eigenvalue weighted by atomic mass is 10.1. The van der Waals surface area contributed by atoms with Crippen LogP contribution in [-0.2, 0) is 16.4 Å². The van der Waals surface area contributed by atoms with Crippen LogP contribution in [0.2, 0.25) is 0 Å². The molecule has 26 heavy (non-hydrogen) atoms. The highest BCUT2D eigenvalue weighted by atomic mass is 32.2. The summed E-state index contributed by atoms with van der Waals surface area (Å²) in [5.74, 6) is -0.328. The number of amides is 1. The van der Waals surface area contributed by atoms with E-state index >= 15 is 0 Å². The maximum absolute atomic E-state index is 12.8. The molecule has 0 unspecified atom stereocenters. The molecule has 0 saturated heterocycles. The quantitative estimate of drug-likeness (QED) is 0.801. The summed E-state index contributed by atoms with van der Waals surface area (Å²) in [4.78, 5) is 12.7. The van der Waals surface area contributed by atoms with Crippen molar-refractivity contribution in [1.82, 2.24) is 4.31 Å². The molecule has 0 atom stereocenters. The van der Waals surface area contributed by atoms with Crippen molar-refractivity contribution >= 4 is 21.6 Å². The Balaban J connectivity index is 2.31. The predicted octanol–water partition coefficient (Wildman–Crippen LogP) is 3.84. The van der Waals surface area contributed by atoms with E-state index in [0.29, 0.717) is 29.9 Å². The van der Waals surface area contributed by atoms with Crippen LogP contribution in [0.3, 0.4) is 0 Å². The van der Waals surface area contributed by atoms with Crippen molar-refractivity contribution in [3.8, 4) is 0 Å². The van der Waals surface area contributed by atoms with E-state index in [1.807, 2.05) is 24.3 Å². The Morgan fingerprint density at radius 3 is 2.15 bits per heavy atom. The molecule has 2 aromatic carbocycles. The Hall–Kier alpha value is -2.18. The molecule has 0 bridgehead atoms. The van der Waals surface area contributed by atoms with E-state index in [-0.39, 0.29) is 10.8 Å². The Labute approximate surface area is 156 Å². The minimum absolute atomic E-state index is 0.176. The van der Waals surface area contributed by atoms with Crippen LogP contribution >= 0.6 is 0 Å². The third kappa shape index (κ3) is 4.31. The monoisotopic (exact) mass is 374 g/mol. The zero-order valence-electron chi connectivity index (χ0n) is 15.7. The van der Waals surface area contributed by atoms with Gasteiger partial charge in [0.2, 0.25) is 10.0 Å². The highest BCUT2D eigenvalue weighted by molar-refractivity contribution is 7.89. The molecule has 5 nitrogen and oxygen atoms in total. The number of aryl methyl sites for hydroxylation is 2. The van der Waals surface area contributed by atoms with Gasteiger partial charge in [-0.2, -0.15) is 4.31 Å². The van der Waals surface area contributed by atoms with Gasteiger partial charge in [-0.25, -0.2) is 8.42 Å². The van der Waals surface area contributed by atoms with Crippen molar-refractivity contribution in [1.29, 1.82) is 0 Å². The van der Waals surface area contributed by atoms with E-state index in [4.69, 9.17) is 0 Å². The van der Waals surface area contributed by atoms with Crippen LogP contribution in [0.5, 0.6) is 0 Å². The number of sulfonamides is 1. The summed E-state index contributed by atoms with van der Waals surface area (Å²) in [7, 11) is -3.62. The third-order valence-corrected chi connectivity index (χ3v) is 6.59. The topological polar surface area (TPSA) is 66.5 Å². The molecule has 1 N–H and O–H groups in total. The zero-order chi connectivity index (χ0) is 19.3.